The number of rotatable bonds is 3. The van der Waals surface area contributed by atoms with Gasteiger partial charge in [-0.05, 0) is 57.3 Å². The average Bonchev–Trinajstić information content (AvgIpc) is 2.67. The summed E-state index contributed by atoms with van der Waals surface area (Å²) in [5, 5.41) is 3.43. The van der Waals surface area contributed by atoms with Crippen LogP contribution in [-0.4, -0.2) is 36.9 Å². The molecule has 100 valence electrons. The van der Waals surface area contributed by atoms with Crippen molar-refractivity contribution in [3.63, 3.8) is 0 Å². The number of hydrogen-bond donors (Lipinski definition) is 1. The van der Waals surface area contributed by atoms with Gasteiger partial charge in [-0.2, -0.15) is 0 Å². The van der Waals surface area contributed by atoms with E-state index in [1.807, 2.05) is 6.20 Å². The van der Waals surface area contributed by atoms with Crippen molar-refractivity contribution in [3.8, 4) is 0 Å². The highest BCUT2D eigenvalue weighted by atomic mass is 15.2. The summed E-state index contributed by atoms with van der Waals surface area (Å²) in [5.74, 6) is 1.94. The van der Waals surface area contributed by atoms with Crippen LogP contribution in [0.5, 0.6) is 0 Å². The standard InChI is InChI=1S/C15H25N3/c1-3-18(4-2)15-6-5-13(9-12-17-15)14-7-10-16-11-8-14/h5,9,12,14,16H,3-4,6-8,10-11H2,1-2H3. The van der Waals surface area contributed by atoms with Crippen molar-refractivity contribution in [2.75, 3.05) is 26.2 Å². The number of hydrogen-bond acceptors (Lipinski definition) is 3. The summed E-state index contributed by atoms with van der Waals surface area (Å²) >= 11 is 0. The largest absolute Gasteiger partial charge is 0.360 e. The topological polar surface area (TPSA) is 27.6 Å². The van der Waals surface area contributed by atoms with Crippen LogP contribution in [0.4, 0.5) is 0 Å². The highest BCUT2D eigenvalue weighted by Crippen LogP contribution is 2.24. The van der Waals surface area contributed by atoms with Crippen molar-refractivity contribution in [2.45, 2.75) is 33.1 Å². The van der Waals surface area contributed by atoms with Gasteiger partial charge in [-0.25, -0.2) is 4.99 Å². The second-order valence-electron chi connectivity index (χ2n) is 4.97. The molecule has 0 bridgehead atoms. The maximum atomic E-state index is 4.60. The van der Waals surface area contributed by atoms with Crippen LogP contribution in [0.15, 0.2) is 28.9 Å². The van der Waals surface area contributed by atoms with Gasteiger partial charge < -0.3 is 10.2 Å². The van der Waals surface area contributed by atoms with Gasteiger partial charge in [0.15, 0.2) is 0 Å². The molecule has 3 heteroatoms. The van der Waals surface area contributed by atoms with Gasteiger partial charge in [0.25, 0.3) is 0 Å². The molecule has 0 aromatic rings. The number of piperidine rings is 1. The summed E-state index contributed by atoms with van der Waals surface area (Å²) < 4.78 is 0. The monoisotopic (exact) mass is 247 g/mol. The Bertz CT molecular complexity index is 345. The van der Waals surface area contributed by atoms with Gasteiger partial charge in [0.2, 0.25) is 0 Å². The fraction of sp³-hybridized carbons (Fsp3) is 0.667. The van der Waals surface area contributed by atoms with Crippen LogP contribution in [0.2, 0.25) is 0 Å². The lowest BCUT2D eigenvalue weighted by atomic mass is 9.89. The Hall–Kier alpha value is -1.09. The van der Waals surface area contributed by atoms with Crippen molar-refractivity contribution < 1.29 is 0 Å². The van der Waals surface area contributed by atoms with Gasteiger partial charge in [-0.1, -0.05) is 6.08 Å². The summed E-state index contributed by atoms with van der Waals surface area (Å²) in [4.78, 5) is 6.94. The van der Waals surface area contributed by atoms with E-state index in [-0.39, 0.29) is 0 Å². The summed E-state index contributed by atoms with van der Waals surface area (Å²) in [6.45, 7) is 8.77. The fourth-order valence-electron chi connectivity index (χ4n) is 2.80. The number of nitrogens with one attached hydrogen (secondary N) is 1. The van der Waals surface area contributed by atoms with Crippen LogP contribution < -0.4 is 5.32 Å². The van der Waals surface area contributed by atoms with Crippen LogP contribution >= 0.6 is 0 Å². The van der Waals surface area contributed by atoms with E-state index < -0.39 is 0 Å². The second kappa shape index (κ2) is 6.74. The van der Waals surface area contributed by atoms with Crippen LogP contribution in [0.3, 0.4) is 0 Å². The molecule has 2 rings (SSSR count). The zero-order chi connectivity index (χ0) is 12.8. The third-order valence-electron chi connectivity index (χ3n) is 3.95. The van der Waals surface area contributed by atoms with E-state index in [9.17, 15) is 0 Å². The first-order valence-electron chi connectivity index (χ1n) is 7.24. The van der Waals surface area contributed by atoms with E-state index in [1.165, 1.54) is 24.3 Å². The van der Waals surface area contributed by atoms with Crippen molar-refractivity contribution in [1.82, 2.24) is 10.2 Å². The smallest absolute Gasteiger partial charge is 0.108 e. The van der Waals surface area contributed by atoms with Crippen molar-refractivity contribution in [3.05, 3.63) is 23.9 Å². The summed E-state index contributed by atoms with van der Waals surface area (Å²) in [6.07, 6.45) is 10.1. The lowest BCUT2D eigenvalue weighted by molar-refractivity contribution is 0.424. The Morgan fingerprint density at radius 2 is 2.00 bits per heavy atom. The minimum absolute atomic E-state index is 0.730. The molecule has 0 aliphatic carbocycles. The first-order valence-corrected chi connectivity index (χ1v) is 7.24. The molecule has 0 radical (unpaired) electrons. The highest BCUT2D eigenvalue weighted by Gasteiger charge is 2.17. The molecule has 0 aromatic heterocycles. The minimum atomic E-state index is 0.730. The quantitative estimate of drug-likeness (QED) is 0.830. The Morgan fingerprint density at radius 1 is 1.28 bits per heavy atom. The first-order chi connectivity index (χ1) is 8.85. The Balaban J connectivity index is 2.01. The van der Waals surface area contributed by atoms with E-state index in [1.54, 1.807) is 0 Å². The van der Waals surface area contributed by atoms with E-state index in [2.05, 4.69) is 41.2 Å². The van der Waals surface area contributed by atoms with Crippen LogP contribution in [0.25, 0.3) is 0 Å². The Labute approximate surface area is 111 Å². The predicted molar refractivity (Wildman–Crippen MR) is 77.8 cm³/mol. The van der Waals surface area contributed by atoms with Crippen LogP contribution in [0, 0.1) is 5.92 Å². The third-order valence-corrected chi connectivity index (χ3v) is 3.95. The average molecular weight is 247 g/mol. The third kappa shape index (κ3) is 3.22. The second-order valence-corrected chi connectivity index (χ2v) is 4.97. The lowest BCUT2D eigenvalue weighted by Gasteiger charge is -2.24. The summed E-state index contributed by atoms with van der Waals surface area (Å²) in [6, 6.07) is 0. The van der Waals surface area contributed by atoms with Gasteiger partial charge in [-0.15, -0.1) is 0 Å². The molecule has 0 atom stereocenters. The van der Waals surface area contributed by atoms with Gasteiger partial charge in [0.05, 0.1) is 0 Å². The van der Waals surface area contributed by atoms with Crippen molar-refractivity contribution >= 4 is 5.84 Å². The van der Waals surface area contributed by atoms with E-state index in [4.69, 9.17) is 0 Å². The molecule has 0 unspecified atom stereocenters. The molecule has 0 saturated carbocycles. The molecule has 0 amide bonds. The van der Waals surface area contributed by atoms with Crippen LogP contribution in [0.1, 0.15) is 33.1 Å². The maximum absolute atomic E-state index is 4.60. The maximum Gasteiger partial charge on any atom is 0.108 e. The van der Waals surface area contributed by atoms with Gasteiger partial charge in [0.1, 0.15) is 5.84 Å². The van der Waals surface area contributed by atoms with E-state index in [0.29, 0.717) is 0 Å². The zero-order valence-electron chi connectivity index (χ0n) is 11.7. The molecule has 18 heavy (non-hydrogen) atoms. The van der Waals surface area contributed by atoms with Gasteiger partial charge >= 0.3 is 0 Å². The predicted octanol–water partition coefficient (Wildman–Crippen LogP) is 2.57. The zero-order valence-corrected chi connectivity index (χ0v) is 11.7. The molecule has 3 nitrogen and oxygen atoms in total. The molecule has 1 saturated heterocycles. The number of allylic oxidation sites excluding steroid dienone is 2. The first kappa shape index (κ1) is 13.3. The summed E-state index contributed by atoms with van der Waals surface area (Å²) in [5.41, 5.74) is 1.49. The van der Waals surface area contributed by atoms with E-state index >= 15 is 0 Å². The molecule has 0 spiro atoms. The molecule has 2 heterocycles. The number of amidine groups is 1. The SMILES string of the molecule is CCN(CC)C1=NC=CC(C2CCNCC2)=CC1. The Kier molecular flexibility index (Phi) is 5.00. The molecular formula is C15H25N3. The molecule has 1 N–H and O–H groups in total. The van der Waals surface area contributed by atoms with Crippen molar-refractivity contribution in [2.24, 2.45) is 10.9 Å². The Morgan fingerprint density at radius 3 is 2.67 bits per heavy atom. The van der Waals surface area contributed by atoms with E-state index in [0.717, 1.165) is 38.5 Å². The van der Waals surface area contributed by atoms with Crippen molar-refractivity contribution in [1.29, 1.82) is 0 Å². The van der Waals surface area contributed by atoms with Gasteiger partial charge in [0, 0.05) is 25.7 Å². The molecule has 2 aliphatic heterocycles. The molecule has 1 fully saturated rings. The number of aliphatic imine (C=N–C) groups is 1. The normalized spacial score (nSPS) is 21.2. The molecular weight excluding hydrogens is 222 g/mol. The van der Waals surface area contributed by atoms with Gasteiger partial charge in [-0.3, -0.25) is 0 Å². The minimum Gasteiger partial charge on any atom is -0.360 e. The molecule has 0 aromatic carbocycles. The highest BCUT2D eigenvalue weighted by molar-refractivity contribution is 5.84. The summed E-state index contributed by atoms with van der Waals surface area (Å²) in [7, 11) is 0. The number of nitrogens with zero attached hydrogens (tertiary/aromatic N) is 2. The lowest BCUT2D eigenvalue weighted by Crippen LogP contribution is -2.30. The molecule has 2 aliphatic rings. The fourth-order valence-corrected chi connectivity index (χ4v) is 2.80. The van der Waals surface area contributed by atoms with Crippen LogP contribution in [-0.2, 0) is 0 Å².